The normalized spacial score (nSPS) is 12.8. The molecular formula is C18H16BrN3O. The second-order valence-corrected chi connectivity index (χ2v) is 6.38. The van der Waals surface area contributed by atoms with Crippen LogP contribution in [0.1, 0.15) is 5.56 Å². The zero-order chi connectivity index (χ0) is 15.8. The summed E-state index contributed by atoms with van der Waals surface area (Å²) >= 11 is 3.49. The second kappa shape index (κ2) is 5.74. The van der Waals surface area contributed by atoms with Crippen molar-refractivity contribution in [2.24, 2.45) is 0 Å². The highest BCUT2D eigenvalue weighted by atomic mass is 79.9. The number of halogens is 1. The molecule has 0 saturated carbocycles. The molecule has 0 saturated heterocycles. The molecule has 1 N–H and O–H groups in total. The Morgan fingerprint density at radius 1 is 1.09 bits per heavy atom. The number of nitrogens with one attached hydrogen (secondary N) is 1. The van der Waals surface area contributed by atoms with Crippen LogP contribution in [-0.2, 0) is 6.42 Å². The average Bonchev–Trinajstić information content (AvgIpc) is 3.18. The van der Waals surface area contributed by atoms with Gasteiger partial charge in [-0.05, 0) is 42.8 Å². The van der Waals surface area contributed by atoms with Crippen molar-refractivity contribution < 1.29 is 4.74 Å². The van der Waals surface area contributed by atoms with Crippen LogP contribution in [0.4, 0.5) is 5.82 Å². The predicted octanol–water partition coefficient (Wildman–Crippen LogP) is 4.28. The second-order valence-electron chi connectivity index (χ2n) is 5.47. The molecule has 0 amide bonds. The third-order valence-corrected chi connectivity index (χ3v) is 4.61. The Balaban J connectivity index is 1.82. The maximum atomic E-state index is 5.23. The van der Waals surface area contributed by atoms with E-state index in [0.29, 0.717) is 0 Å². The van der Waals surface area contributed by atoms with Crippen molar-refractivity contribution in [3.05, 3.63) is 58.6 Å². The third-order valence-electron chi connectivity index (χ3n) is 4.09. The van der Waals surface area contributed by atoms with Crippen LogP contribution < -0.4 is 10.1 Å². The first kappa shape index (κ1) is 14.3. The van der Waals surface area contributed by atoms with Crippen LogP contribution in [0.15, 0.2) is 53.0 Å². The van der Waals surface area contributed by atoms with Crippen molar-refractivity contribution in [3.8, 4) is 22.7 Å². The average molecular weight is 370 g/mol. The molecule has 0 aliphatic carbocycles. The molecule has 4 rings (SSSR count). The molecule has 4 nitrogen and oxygen atoms in total. The molecule has 0 bridgehead atoms. The summed E-state index contributed by atoms with van der Waals surface area (Å²) in [6.45, 7) is 0.951. The first-order chi connectivity index (χ1) is 11.3. The molecule has 2 heterocycles. The molecule has 1 aliphatic rings. The van der Waals surface area contributed by atoms with Crippen LogP contribution in [0.5, 0.6) is 5.75 Å². The Kier molecular flexibility index (Phi) is 3.58. The first-order valence-corrected chi connectivity index (χ1v) is 8.32. The smallest absolute Gasteiger partial charge is 0.133 e. The standard InChI is InChI=1S/C18H16BrN3O/c1-23-15-8-6-14(7-9-15)22-18-16(10-11-20-18)17(21-22)12-2-4-13(19)5-3-12/h2-9,20H,10-11H2,1H3. The zero-order valence-electron chi connectivity index (χ0n) is 12.7. The maximum Gasteiger partial charge on any atom is 0.133 e. The Morgan fingerprint density at radius 3 is 2.52 bits per heavy atom. The number of anilines is 1. The number of aromatic nitrogens is 2. The van der Waals surface area contributed by atoms with E-state index in [1.165, 1.54) is 5.56 Å². The zero-order valence-corrected chi connectivity index (χ0v) is 14.3. The minimum Gasteiger partial charge on any atom is -0.497 e. The summed E-state index contributed by atoms with van der Waals surface area (Å²) in [5.41, 5.74) is 4.50. The minimum absolute atomic E-state index is 0.846. The fourth-order valence-corrected chi connectivity index (χ4v) is 3.19. The van der Waals surface area contributed by atoms with Gasteiger partial charge in [-0.3, -0.25) is 0 Å². The van der Waals surface area contributed by atoms with Gasteiger partial charge in [-0.2, -0.15) is 5.10 Å². The maximum absolute atomic E-state index is 5.23. The quantitative estimate of drug-likeness (QED) is 0.748. The van der Waals surface area contributed by atoms with Gasteiger partial charge in [0, 0.05) is 22.1 Å². The van der Waals surface area contributed by atoms with E-state index in [2.05, 4.69) is 45.5 Å². The fourth-order valence-electron chi connectivity index (χ4n) is 2.92. The number of benzene rings is 2. The van der Waals surface area contributed by atoms with Crippen molar-refractivity contribution >= 4 is 21.7 Å². The van der Waals surface area contributed by atoms with Crippen molar-refractivity contribution in [2.45, 2.75) is 6.42 Å². The molecule has 0 spiro atoms. The van der Waals surface area contributed by atoms with E-state index in [9.17, 15) is 0 Å². The van der Waals surface area contributed by atoms with E-state index in [1.54, 1.807) is 7.11 Å². The molecular weight excluding hydrogens is 354 g/mol. The Morgan fingerprint density at radius 2 is 1.83 bits per heavy atom. The summed E-state index contributed by atoms with van der Waals surface area (Å²) in [6, 6.07) is 16.3. The summed E-state index contributed by atoms with van der Waals surface area (Å²) in [7, 11) is 1.67. The summed E-state index contributed by atoms with van der Waals surface area (Å²) in [4.78, 5) is 0. The van der Waals surface area contributed by atoms with E-state index < -0.39 is 0 Å². The van der Waals surface area contributed by atoms with E-state index >= 15 is 0 Å². The van der Waals surface area contributed by atoms with E-state index in [1.807, 2.05) is 28.9 Å². The lowest BCUT2D eigenvalue weighted by molar-refractivity contribution is 0.414. The van der Waals surface area contributed by atoms with Gasteiger partial charge in [-0.25, -0.2) is 4.68 Å². The van der Waals surface area contributed by atoms with Crippen LogP contribution in [0, 0.1) is 0 Å². The number of hydrogen-bond acceptors (Lipinski definition) is 3. The highest BCUT2D eigenvalue weighted by Crippen LogP contribution is 2.35. The Bertz CT molecular complexity index is 838. The molecule has 116 valence electrons. The molecule has 2 aromatic carbocycles. The van der Waals surface area contributed by atoms with Crippen molar-refractivity contribution in [1.82, 2.24) is 9.78 Å². The van der Waals surface area contributed by atoms with Gasteiger partial charge in [0.15, 0.2) is 0 Å². The Labute approximate surface area is 143 Å². The molecule has 3 aromatic rings. The molecule has 5 heteroatoms. The van der Waals surface area contributed by atoms with Crippen LogP contribution in [0.3, 0.4) is 0 Å². The lowest BCUT2D eigenvalue weighted by atomic mass is 10.1. The minimum atomic E-state index is 0.846. The van der Waals surface area contributed by atoms with Crippen molar-refractivity contribution in [3.63, 3.8) is 0 Å². The molecule has 23 heavy (non-hydrogen) atoms. The first-order valence-electron chi connectivity index (χ1n) is 7.52. The van der Waals surface area contributed by atoms with Gasteiger partial charge in [-0.15, -0.1) is 0 Å². The molecule has 1 aliphatic heterocycles. The molecule has 0 unspecified atom stereocenters. The summed E-state index contributed by atoms with van der Waals surface area (Å²) in [6.07, 6.45) is 0.997. The number of fused-ring (bicyclic) bond motifs is 1. The topological polar surface area (TPSA) is 39.1 Å². The molecule has 0 fully saturated rings. The van der Waals surface area contributed by atoms with Gasteiger partial charge in [0.2, 0.25) is 0 Å². The molecule has 1 aromatic heterocycles. The SMILES string of the molecule is COc1ccc(-n2nc(-c3ccc(Br)cc3)c3c2NCC3)cc1. The van der Waals surface area contributed by atoms with E-state index in [4.69, 9.17) is 9.84 Å². The monoisotopic (exact) mass is 369 g/mol. The summed E-state index contributed by atoms with van der Waals surface area (Å²) in [5, 5.41) is 8.31. The number of methoxy groups -OCH3 is 1. The predicted molar refractivity (Wildman–Crippen MR) is 95.4 cm³/mol. The Hall–Kier alpha value is -2.27. The number of rotatable bonds is 3. The van der Waals surface area contributed by atoms with E-state index in [-0.39, 0.29) is 0 Å². The van der Waals surface area contributed by atoms with Gasteiger partial charge < -0.3 is 10.1 Å². The van der Waals surface area contributed by atoms with Crippen LogP contribution >= 0.6 is 15.9 Å². The van der Waals surface area contributed by atoms with Gasteiger partial charge in [0.05, 0.1) is 18.5 Å². The molecule has 0 atom stereocenters. The van der Waals surface area contributed by atoms with Crippen LogP contribution in [-0.4, -0.2) is 23.4 Å². The van der Waals surface area contributed by atoms with E-state index in [0.717, 1.165) is 46.0 Å². The van der Waals surface area contributed by atoms with Crippen molar-refractivity contribution in [2.75, 3.05) is 19.0 Å². The van der Waals surface area contributed by atoms with Crippen molar-refractivity contribution in [1.29, 1.82) is 0 Å². The fraction of sp³-hybridized carbons (Fsp3) is 0.167. The third kappa shape index (κ3) is 2.51. The molecule has 0 radical (unpaired) electrons. The van der Waals surface area contributed by atoms with Gasteiger partial charge in [-0.1, -0.05) is 28.1 Å². The number of hydrogen-bond donors (Lipinski definition) is 1. The van der Waals surface area contributed by atoms with Crippen LogP contribution in [0.2, 0.25) is 0 Å². The largest absolute Gasteiger partial charge is 0.497 e. The van der Waals surface area contributed by atoms with Crippen LogP contribution in [0.25, 0.3) is 16.9 Å². The van der Waals surface area contributed by atoms with Gasteiger partial charge in [0.1, 0.15) is 11.6 Å². The lowest BCUT2D eigenvalue weighted by Gasteiger charge is -2.07. The summed E-state index contributed by atoms with van der Waals surface area (Å²) in [5.74, 6) is 1.94. The summed E-state index contributed by atoms with van der Waals surface area (Å²) < 4.78 is 8.29. The lowest BCUT2D eigenvalue weighted by Crippen LogP contribution is -2.04. The number of nitrogens with zero attached hydrogens (tertiary/aromatic N) is 2. The highest BCUT2D eigenvalue weighted by Gasteiger charge is 2.23. The highest BCUT2D eigenvalue weighted by molar-refractivity contribution is 9.10. The number of ether oxygens (including phenoxy) is 1. The van der Waals surface area contributed by atoms with Gasteiger partial charge in [0.25, 0.3) is 0 Å². The van der Waals surface area contributed by atoms with Gasteiger partial charge >= 0.3 is 0 Å².